The number of aliphatic hydroxyl groups is 1. The van der Waals surface area contributed by atoms with E-state index in [-0.39, 0.29) is 22.0 Å². The molecule has 1 aromatic heterocycles. The summed E-state index contributed by atoms with van der Waals surface area (Å²) in [6, 6.07) is 0. The lowest BCUT2D eigenvalue weighted by molar-refractivity contribution is 0.146. The zero-order valence-corrected chi connectivity index (χ0v) is 8.05. The molecule has 0 fully saturated rings. The van der Waals surface area contributed by atoms with Gasteiger partial charge in [0, 0.05) is 17.3 Å². The molecule has 1 aromatic rings. The van der Waals surface area contributed by atoms with Crippen molar-refractivity contribution in [2.45, 2.75) is 13.0 Å². The highest BCUT2D eigenvalue weighted by molar-refractivity contribution is 6.32. The molecule has 6 heteroatoms. The van der Waals surface area contributed by atoms with Crippen molar-refractivity contribution in [3.05, 3.63) is 22.3 Å². The third kappa shape index (κ3) is 1.93. The lowest BCUT2D eigenvalue weighted by atomic mass is 10.1. The molecular weight excluding hydrogens is 216 g/mol. The fourth-order valence-corrected chi connectivity index (χ4v) is 1.30. The highest BCUT2D eigenvalue weighted by Gasteiger charge is 2.18. The molecule has 0 radical (unpaired) electrons. The molecule has 0 unspecified atom stereocenters. The molecule has 0 atom stereocenters. The summed E-state index contributed by atoms with van der Waals surface area (Å²) >= 11 is 5.68. The minimum Gasteiger partial charge on any atom is -0.480 e. The smallest absolute Gasteiger partial charge is 0.265 e. The van der Waals surface area contributed by atoms with Crippen LogP contribution >= 0.6 is 11.6 Å². The third-order valence-electron chi connectivity index (χ3n) is 1.71. The molecule has 0 aliphatic rings. The molecule has 78 valence electrons. The fourth-order valence-electron chi connectivity index (χ4n) is 1.01. The minimum atomic E-state index is -2.71. The molecule has 1 heterocycles. The van der Waals surface area contributed by atoms with Crippen LogP contribution in [0.1, 0.15) is 17.6 Å². The number of hydrogen-bond donors (Lipinski definition) is 1. The Bertz CT molecular complexity index is 333. The number of alkyl halides is 2. The molecule has 0 amide bonds. The first-order chi connectivity index (χ1) is 6.61. The van der Waals surface area contributed by atoms with Gasteiger partial charge in [0.1, 0.15) is 5.02 Å². The van der Waals surface area contributed by atoms with Crippen molar-refractivity contribution >= 4 is 11.6 Å². The van der Waals surface area contributed by atoms with Gasteiger partial charge in [-0.3, -0.25) is 0 Å². The van der Waals surface area contributed by atoms with Crippen molar-refractivity contribution < 1.29 is 18.6 Å². The molecule has 0 saturated heterocycles. The van der Waals surface area contributed by atoms with Crippen molar-refractivity contribution in [2.75, 3.05) is 7.11 Å². The molecule has 14 heavy (non-hydrogen) atoms. The van der Waals surface area contributed by atoms with Crippen molar-refractivity contribution in [3.8, 4) is 5.88 Å². The normalized spacial score (nSPS) is 10.7. The molecular formula is C8H8ClF2NO2. The maximum absolute atomic E-state index is 12.4. The van der Waals surface area contributed by atoms with Crippen molar-refractivity contribution in [2.24, 2.45) is 0 Å². The summed E-state index contributed by atoms with van der Waals surface area (Å²) in [6.45, 7) is -0.572. The highest BCUT2D eigenvalue weighted by atomic mass is 35.5. The maximum Gasteiger partial charge on any atom is 0.265 e. The molecule has 0 bridgehead atoms. The summed E-state index contributed by atoms with van der Waals surface area (Å²) in [6.07, 6.45) is -1.77. The zero-order chi connectivity index (χ0) is 10.7. The summed E-state index contributed by atoms with van der Waals surface area (Å²) in [4.78, 5) is 3.58. The fraction of sp³-hybridized carbons (Fsp3) is 0.375. The zero-order valence-electron chi connectivity index (χ0n) is 7.30. The predicted molar refractivity (Wildman–Crippen MR) is 46.7 cm³/mol. The van der Waals surface area contributed by atoms with E-state index in [0.717, 1.165) is 6.20 Å². The monoisotopic (exact) mass is 223 g/mol. The van der Waals surface area contributed by atoms with E-state index in [9.17, 15) is 8.78 Å². The minimum absolute atomic E-state index is 0.0279. The lowest BCUT2D eigenvalue weighted by Gasteiger charge is -2.10. The van der Waals surface area contributed by atoms with Gasteiger partial charge in [-0.15, -0.1) is 0 Å². The largest absolute Gasteiger partial charge is 0.480 e. The van der Waals surface area contributed by atoms with Crippen LogP contribution in [0, 0.1) is 0 Å². The van der Waals surface area contributed by atoms with Crippen LogP contribution < -0.4 is 4.74 Å². The number of methoxy groups -OCH3 is 1. The summed E-state index contributed by atoms with van der Waals surface area (Å²) in [5, 5.41) is 8.79. The van der Waals surface area contributed by atoms with E-state index in [1.54, 1.807) is 0 Å². The van der Waals surface area contributed by atoms with Crippen LogP contribution in [-0.4, -0.2) is 17.2 Å². The van der Waals surface area contributed by atoms with Gasteiger partial charge in [-0.25, -0.2) is 13.8 Å². The number of rotatable bonds is 3. The molecule has 3 nitrogen and oxygen atoms in total. The van der Waals surface area contributed by atoms with Gasteiger partial charge in [0.05, 0.1) is 13.7 Å². The first-order valence-corrected chi connectivity index (χ1v) is 4.09. The van der Waals surface area contributed by atoms with Gasteiger partial charge in [-0.2, -0.15) is 0 Å². The second kappa shape index (κ2) is 4.52. The second-order valence-corrected chi connectivity index (χ2v) is 2.85. The standard InChI is InChI=1S/C8H8ClF2NO2/c1-14-8-6(9)5(3-13)4(2-12-8)7(10)11/h2,7,13H,3H2,1H3. The van der Waals surface area contributed by atoms with Gasteiger partial charge in [0.25, 0.3) is 6.43 Å². The Morgan fingerprint density at radius 1 is 1.64 bits per heavy atom. The summed E-state index contributed by atoms with van der Waals surface area (Å²) in [5.74, 6) is 0.0279. The Labute approximate surface area is 84.3 Å². The van der Waals surface area contributed by atoms with Crippen molar-refractivity contribution in [1.29, 1.82) is 0 Å². The molecule has 0 saturated carbocycles. The summed E-state index contributed by atoms with van der Waals surface area (Å²) in [5.41, 5.74) is -0.424. The van der Waals surface area contributed by atoms with Crippen LogP contribution in [0.4, 0.5) is 8.78 Å². The number of pyridine rings is 1. The summed E-state index contributed by atoms with van der Waals surface area (Å²) < 4.78 is 29.5. The number of halogens is 3. The van der Waals surface area contributed by atoms with E-state index in [1.165, 1.54) is 7.11 Å². The van der Waals surface area contributed by atoms with Crippen LogP contribution in [0.5, 0.6) is 5.88 Å². The molecule has 0 spiro atoms. The number of hydrogen-bond acceptors (Lipinski definition) is 3. The Morgan fingerprint density at radius 2 is 2.29 bits per heavy atom. The first-order valence-electron chi connectivity index (χ1n) is 3.72. The molecule has 0 aliphatic heterocycles. The van der Waals surface area contributed by atoms with E-state index in [1.807, 2.05) is 0 Å². The average molecular weight is 224 g/mol. The second-order valence-electron chi connectivity index (χ2n) is 2.47. The lowest BCUT2D eigenvalue weighted by Crippen LogP contribution is -2.00. The first kappa shape index (κ1) is 11.1. The van der Waals surface area contributed by atoms with Crippen molar-refractivity contribution in [1.82, 2.24) is 4.98 Å². The predicted octanol–water partition coefficient (Wildman–Crippen LogP) is 2.17. The number of aliphatic hydroxyl groups excluding tert-OH is 1. The van der Waals surface area contributed by atoms with Crippen LogP contribution in [0.25, 0.3) is 0 Å². The topological polar surface area (TPSA) is 42.4 Å². The molecule has 0 aromatic carbocycles. The third-order valence-corrected chi connectivity index (χ3v) is 2.10. The van der Waals surface area contributed by atoms with E-state index >= 15 is 0 Å². The van der Waals surface area contributed by atoms with Gasteiger partial charge in [-0.05, 0) is 0 Å². The number of ether oxygens (including phenoxy) is 1. The van der Waals surface area contributed by atoms with Crippen molar-refractivity contribution in [3.63, 3.8) is 0 Å². The molecule has 1 N–H and O–H groups in total. The Kier molecular flexibility index (Phi) is 3.60. The van der Waals surface area contributed by atoms with Gasteiger partial charge < -0.3 is 9.84 Å². The van der Waals surface area contributed by atoms with Gasteiger partial charge in [-0.1, -0.05) is 11.6 Å². The quantitative estimate of drug-likeness (QED) is 0.854. The highest BCUT2D eigenvalue weighted by Crippen LogP contribution is 2.32. The van der Waals surface area contributed by atoms with E-state index in [2.05, 4.69) is 4.98 Å². The number of nitrogens with zero attached hydrogens (tertiary/aromatic N) is 1. The van der Waals surface area contributed by atoms with E-state index in [4.69, 9.17) is 21.4 Å². The Morgan fingerprint density at radius 3 is 2.71 bits per heavy atom. The SMILES string of the molecule is COc1ncc(C(F)F)c(CO)c1Cl. The van der Waals surface area contributed by atoms with Gasteiger partial charge >= 0.3 is 0 Å². The Balaban J connectivity index is 3.28. The number of aromatic nitrogens is 1. The van der Waals surface area contributed by atoms with Crippen LogP contribution in [0.15, 0.2) is 6.20 Å². The van der Waals surface area contributed by atoms with Crippen LogP contribution in [-0.2, 0) is 6.61 Å². The van der Waals surface area contributed by atoms with E-state index < -0.39 is 13.0 Å². The van der Waals surface area contributed by atoms with Gasteiger partial charge in [0.15, 0.2) is 0 Å². The Hall–Kier alpha value is -0.940. The maximum atomic E-state index is 12.4. The van der Waals surface area contributed by atoms with E-state index in [0.29, 0.717) is 0 Å². The molecule has 1 rings (SSSR count). The van der Waals surface area contributed by atoms with Crippen LogP contribution in [0.2, 0.25) is 5.02 Å². The van der Waals surface area contributed by atoms with Gasteiger partial charge in [0.2, 0.25) is 5.88 Å². The van der Waals surface area contributed by atoms with Crippen LogP contribution in [0.3, 0.4) is 0 Å². The molecule has 0 aliphatic carbocycles. The summed E-state index contributed by atoms with van der Waals surface area (Å²) in [7, 11) is 1.32. The average Bonchev–Trinajstić information content (AvgIpc) is 2.17.